The number of aromatic nitrogens is 2. The summed E-state index contributed by atoms with van der Waals surface area (Å²) in [5.41, 5.74) is 2.06. The van der Waals surface area contributed by atoms with Crippen molar-refractivity contribution in [2.24, 2.45) is 0 Å². The largest absolute Gasteiger partial charge is 0.494 e. The van der Waals surface area contributed by atoms with E-state index in [1.807, 2.05) is 42.5 Å². The number of hydrogen-bond donors (Lipinski definition) is 1. The van der Waals surface area contributed by atoms with Gasteiger partial charge >= 0.3 is 0 Å². The number of benzene rings is 3. The third-order valence-corrected chi connectivity index (χ3v) is 9.26. The summed E-state index contributed by atoms with van der Waals surface area (Å²) in [5.74, 6) is 2.22. The standard InChI is InChI=1S/C31H37N5O3S/c1-3-4-22-39-26-14-16-27(17-15-26)40(37,38)36-20-18-35(19-21-36)24(2)30-33-29-13-9-8-12-28(29)31(34-30)32-23-25-10-6-5-7-11-25/h5-17,24H,3-4,18-23H2,1-2H3,(H,32,33,34)/t24-/m1/s1. The monoisotopic (exact) mass is 559 g/mol. The molecule has 1 atom stereocenters. The summed E-state index contributed by atoms with van der Waals surface area (Å²) >= 11 is 0. The Labute approximate surface area is 237 Å². The molecule has 1 fully saturated rings. The number of fused-ring (bicyclic) bond motifs is 1. The van der Waals surface area contributed by atoms with E-state index in [4.69, 9.17) is 14.7 Å². The zero-order valence-electron chi connectivity index (χ0n) is 23.2. The van der Waals surface area contributed by atoms with Crippen molar-refractivity contribution in [3.63, 3.8) is 0 Å². The maximum Gasteiger partial charge on any atom is 0.243 e. The predicted molar refractivity (Wildman–Crippen MR) is 159 cm³/mol. The van der Waals surface area contributed by atoms with Gasteiger partial charge in [-0.3, -0.25) is 4.90 Å². The average Bonchev–Trinajstić information content (AvgIpc) is 3.00. The SMILES string of the molecule is CCCCOc1ccc(S(=O)(=O)N2CCN([C@H](C)c3nc(NCc4ccccc4)c4ccccc4n3)CC2)cc1. The fourth-order valence-corrected chi connectivity index (χ4v) is 6.31. The highest BCUT2D eigenvalue weighted by atomic mass is 32.2. The molecule has 0 amide bonds. The maximum absolute atomic E-state index is 13.3. The highest BCUT2D eigenvalue weighted by Gasteiger charge is 2.31. The summed E-state index contributed by atoms with van der Waals surface area (Å²) in [6, 6.07) is 24.9. The predicted octanol–water partition coefficient (Wildman–Crippen LogP) is 5.49. The van der Waals surface area contributed by atoms with Crippen molar-refractivity contribution < 1.29 is 13.2 Å². The lowest BCUT2D eigenvalue weighted by Gasteiger charge is -2.36. The number of anilines is 1. The molecule has 2 heterocycles. The molecule has 5 rings (SSSR count). The molecule has 0 spiro atoms. The van der Waals surface area contributed by atoms with Gasteiger partial charge in [-0.15, -0.1) is 0 Å². The van der Waals surface area contributed by atoms with Crippen LogP contribution in [0.4, 0.5) is 5.82 Å². The molecule has 210 valence electrons. The van der Waals surface area contributed by atoms with Crippen LogP contribution in [-0.4, -0.2) is 60.4 Å². The minimum absolute atomic E-state index is 0.0636. The van der Waals surface area contributed by atoms with E-state index in [-0.39, 0.29) is 6.04 Å². The summed E-state index contributed by atoms with van der Waals surface area (Å²) in [4.78, 5) is 12.4. The van der Waals surface area contributed by atoms with E-state index in [0.717, 1.165) is 35.4 Å². The van der Waals surface area contributed by atoms with E-state index >= 15 is 0 Å². The Morgan fingerprint density at radius 1 is 0.900 bits per heavy atom. The first-order valence-corrected chi connectivity index (χ1v) is 15.4. The molecule has 40 heavy (non-hydrogen) atoms. The van der Waals surface area contributed by atoms with Crippen LogP contribution in [0.2, 0.25) is 0 Å². The van der Waals surface area contributed by atoms with Crippen LogP contribution in [0.3, 0.4) is 0 Å². The molecule has 1 aliphatic rings. The summed E-state index contributed by atoms with van der Waals surface area (Å²) in [6.45, 7) is 7.51. The van der Waals surface area contributed by atoms with Crippen molar-refractivity contribution >= 4 is 26.7 Å². The van der Waals surface area contributed by atoms with Crippen molar-refractivity contribution in [2.45, 2.75) is 44.2 Å². The van der Waals surface area contributed by atoms with Gasteiger partial charge in [-0.2, -0.15) is 4.31 Å². The van der Waals surface area contributed by atoms with Gasteiger partial charge in [0.1, 0.15) is 17.4 Å². The number of nitrogens with one attached hydrogen (secondary N) is 1. The maximum atomic E-state index is 13.3. The van der Waals surface area contributed by atoms with E-state index in [9.17, 15) is 8.42 Å². The zero-order chi connectivity index (χ0) is 28.0. The quantitative estimate of drug-likeness (QED) is 0.243. The number of ether oxygens (including phenoxy) is 1. The first-order valence-electron chi connectivity index (χ1n) is 14.0. The number of unbranched alkanes of at least 4 members (excludes halogenated alkanes) is 1. The van der Waals surface area contributed by atoms with Crippen molar-refractivity contribution in [2.75, 3.05) is 38.1 Å². The van der Waals surface area contributed by atoms with Gasteiger partial charge in [0, 0.05) is 38.1 Å². The molecule has 0 aliphatic carbocycles. The summed E-state index contributed by atoms with van der Waals surface area (Å²) in [6.07, 6.45) is 2.02. The van der Waals surface area contributed by atoms with Gasteiger partial charge < -0.3 is 10.1 Å². The average molecular weight is 560 g/mol. The number of rotatable bonds is 11. The van der Waals surface area contributed by atoms with Crippen LogP contribution < -0.4 is 10.1 Å². The Hall–Kier alpha value is -3.53. The van der Waals surface area contributed by atoms with Crippen molar-refractivity contribution in [1.29, 1.82) is 0 Å². The molecule has 1 saturated heterocycles. The molecule has 0 radical (unpaired) electrons. The van der Waals surface area contributed by atoms with E-state index in [1.165, 1.54) is 5.56 Å². The molecular formula is C31H37N5O3S. The van der Waals surface area contributed by atoms with Crippen LogP contribution in [-0.2, 0) is 16.6 Å². The van der Waals surface area contributed by atoms with Gasteiger partial charge in [-0.05, 0) is 55.3 Å². The van der Waals surface area contributed by atoms with E-state index in [2.05, 4.69) is 36.2 Å². The molecule has 1 aliphatic heterocycles. The first-order chi connectivity index (χ1) is 19.5. The second-order valence-corrected chi connectivity index (χ2v) is 12.0. The fourth-order valence-electron chi connectivity index (χ4n) is 4.88. The number of nitrogens with zero attached hydrogens (tertiary/aromatic N) is 4. The second-order valence-electron chi connectivity index (χ2n) is 10.1. The van der Waals surface area contributed by atoms with Crippen LogP contribution in [0.15, 0.2) is 83.8 Å². The Kier molecular flexibility index (Phi) is 8.94. The highest BCUT2D eigenvalue weighted by Crippen LogP contribution is 2.27. The van der Waals surface area contributed by atoms with E-state index in [0.29, 0.717) is 50.0 Å². The summed E-state index contributed by atoms with van der Waals surface area (Å²) in [5, 5.41) is 4.48. The van der Waals surface area contributed by atoms with Gasteiger partial charge in [0.25, 0.3) is 0 Å². The fraction of sp³-hybridized carbons (Fsp3) is 0.355. The van der Waals surface area contributed by atoms with Crippen LogP contribution in [0.5, 0.6) is 5.75 Å². The third-order valence-electron chi connectivity index (χ3n) is 7.35. The number of sulfonamides is 1. The van der Waals surface area contributed by atoms with Crippen LogP contribution in [0.25, 0.3) is 10.9 Å². The van der Waals surface area contributed by atoms with Crippen molar-refractivity contribution in [3.8, 4) is 5.75 Å². The molecule has 3 aromatic carbocycles. The minimum atomic E-state index is -3.58. The van der Waals surface area contributed by atoms with Crippen LogP contribution in [0, 0.1) is 0 Å². The summed E-state index contributed by atoms with van der Waals surface area (Å²) in [7, 11) is -3.58. The molecule has 0 saturated carbocycles. The Morgan fingerprint density at radius 3 is 2.33 bits per heavy atom. The number of para-hydroxylation sites is 1. The molecule has 1 aromatic heterocycles. The molecule has 4 aromatic rings. The van der Waals surface area contributed by atoms with Gasteiger partial charge in [0.05, 0.1) is 23.1 Å². The van der Waals surface area contributed by atoms with Crippen molar-refractivity contribution in [3.05, 3.63) is 90.3 Å². The van der Waals surface area contributed by atoms with Gasteiger partial charge in [-0.1, -0.05) is 55.8 Å². The minimum Gasteiger partial charge on any atom is -0.494 e. The smallest absolute Gasteiger partial charge is 0.243 e. The lowest BCUT2D eigenvalue weighted by molar-refractivity contribution is 0.141. The lowest BCUT2D eigenvalue weighted by atomic mass is 10.2. The van der Waals surface area contributed by atoms with Gasteiger partial charge in [0.2, 0.25) is 10.0 Å². The Morgan fingerprint density at radius 2 is 1.60 bits per heavy atom. The topological polar surface area (TPSA) is 87.7 Å². The molecule has 0 bridgehead atoms. The zero-order valence-corrected chi connectivity index (χ0v) is 24.0. The normalized spacial score (nSPS) is 15.7. The van der Waals surface area contributed by atoms with Gasteiger partial charge in [0.15, 0.2) is 0 Å². The van der Waals surface area contributed by atoms with Gasteiger partial charge in [-0.25, -0.2) is 18.4 Å². The Bertz CT molecular complexity index is 1510. The summed E-state index contributed by atoms with van der Waals surface area (Å²) < 4.78 is 33.9. The molecular weight excluding hydrogens is 522 g/mol. The van der Waals surface area contributed by atoms with E-state index < -0.39 is 10.0 Å². The van der Waals surface area contributed by atoms with E-state index in [1.54, 1.807) is 28.6 Å². The van der Waals surface area contributed by atoms with Crippen LogP contribution >= 0.6 is 0 Å². The second kappa shape index (κ2) is 12.8. The molecule has 1 N–H and O–H groups in total. The molecule has 9 heteroatoms. The number of hydrogen-bond acceptors (Lipinski definition) is 7. The highest BCUT2D eigenvalue weighted by molar-refractivity contribution is 7.89. The number of piperazine rings is 1. The molecule has 0 unspecified atom stereocenters. The lowest BCUT2D eigenvalue weighted by Crippen LogP contribution is -2.49. The third kappa shape index (κ3) is 6.43. The first kappa shape index (κ1) is 28.0. The van der Waals surface area contributed by atoms with Crippen LogP contribution in [0.1, 0.15) is 44.1 Å². The van der Waals surface area contributed by atoms with Crippen molar-refractivity contribution in [1.82, 2.24) is 19.2 Å². The molecule has 8 nitrogen and oxygen atoms in total. The Balaban J connectivity index is 1.26.